The molecule has 0 aliphatic heterocycles. The molecule has 1 aliphatic carbocycles. The third-order valence-electron chi connectivity index (χ3n) is 3.96. The molecule has 0 heterocycles. The van der Waals surface area contributed by atoms with Gasteiger partial charge in [0.05, 0.1) is 23.9 Å². The number of nitrogens with zero attached hydrogens (tertiary/aromatic N) is 2. The number of hydrogen-bond acceptors (Lipinski definition) is 10. The molecule has 11 heteroatoms. The first-order valence-corrected chi connectivity index (χ1v) is 7.48. The molecule has 0 N–H and O–H groups in total. The zero-order valence-corrected chi connectivity index (χ0v) is 14.2. The average Bonchev–Trinajstić information content (AvgIpc) is 2.44. The molecule has 0 aromatic rings. The van der Waals surface area contributed by atoms with E-state index in [2.05, 4.69) is 0 Å². The minimum absolute atomic E-state index is 0. The Bertz CT molecular complexity index is 425. The first kappa shape index (κ1) is 23.3. The average molecular weight is 406 g/mol. The molecule has 0 spiro atoms. The van der Waals surface area contributed by atoms with E-state index >= 15 is 0 Å². The van der Waals surface area contributed by atoms with Gasteiger partial charge in [0.1, 0.15) is 0 Å². The summed E-state index contributed by atoms with van der Waals surface area (Å²) in [5.74, 6) is -5.97. The molecule has 0 bridgehead atoms. The van der Waals surface area contributed by atoms with Gasteiger partial charge in [-0.05, 0) is 12.8 Å². The molecule has 1 aliphatic rings. The Balaban J connectivity index is 0.00000576. The van der Waals surface area contributed by atoms with Crippen LogP contribution in [-0.4, -0.2) is 71.9 Å². The molecule has 1 radical (unpaired) electrons. The van der Waals surface area contributed by atoms with Crippen LogP contribution in [0.3, 0.4) is 0 Å². The molecule has 145 valence electrons. The summed E-state index contributed by atoms with van der Waals surface area (Å²) in [7, 11) is 0. The second kappa shape index (κ2) is 11.0. The molecule has 0 saturated heterocycles. The van der Waals surface area contributed by atoms with Gasteiger partial charge in [-0.2, -0.15) is 0 Å². The molecule has 0 aromatic heterocycles. The van der Waals surface area contributed by atoms with E-state index in [0.717, 1.165) is 9.80 Å². The maximum absolute atomic E-state index is 10.9. The van der Waals surface area contributed by atoms with Crippen LogP contribution in [0.25, 0.3) is 0 Å². The number of carbonyl (C=O) groups is 4. The van der Waals surface area contributed by atoms with Crippen LogP contribution in [0.4, 0.5) is 0 Å². The van der Waals surface area contributed by atoms with E-state index in [-0.39, 0.29) is 17.1 Å². The number of carbonyl (C=O) groups excluding carboxylic acids is 4. The van der Waals surface area contributed by atoms with Crippen molar-refractivity contribution in [2.24, 2.45) is 0 Å². The van der Waals surface area contributed by atoms with E-state index < -0.39 is 62.1 Å². The summed E-state index contributed by atoms with van der Waals surface area (Å²) in [6.07, 6.45) is 2.12. The van der Waals surface area contributed by atoms with Gasteiger partial charge in [0.15, 0.2) is 0 Å². The number of carboxylic acids is 4. The Labute approximate surface area is 154 Å². The van der Waals surface area contributed by atoms with Crippen molar-refractivity contribution >= 4 is 23.9 Å². The number of rotatable bonds is 10. The van der Waals surface area contributed by atoms with Crippen LogP contribution in [-0.2, 0) is 36.2 Å². The molecule has 0 aromatic carbocycles. The van der Waals surface area contributed by atoms with Crippen molar-refractivity contribution in [1.82, 2.24) is 9.80 Å². The minimum atomic E-state index is -1.49. The molecule has 1 rings (SSSR count). The molecular formula is C14H18CuN2O8-2. The summed E-state index contributed by atoms with van der Waals surface area (Å²) in [5.41, 5.74) is 0. The Morgan fingerprint density at radius 2 is 0.880 bits per heavy atom. The van der Waals surface area contributed by atoms with E-state index in [1.807, 2.05) is 0 Å². The van der Waals surface area contributed by atoms with E-state index in [1.165, 1.54) is 0 Å². The molecule has 2 atom stereocenters. The third kappa shape index (κ3) is 8.30. The fourth-order valence-electron chi connectivity index (χ4n) is 3.19. The first-order valence-electron chi connectivity index (χ1n) is 7.48. The van der Waals surface area contributed by atoms with Gasteiger partial charge in [-0.15, -0.1) is 0 Å². The molecule has 0 unspecified atom stereocenters. The van der Waals surface area contributed by atoms with Crippen LogP contribution in [0.5, 0.6) is 0 Å². The first-order chi connectivity index (χ1) is 11.2. The van der Waals surface area contributed by atoms with Crippen LogP contribution in [0.2, 0.25) is 0 Å². The predicted molar refractivity (Wildman–Crippen MR) is 69.2 cm³/mol. The number of aliphatic carboxylic acids is 4. The monoisotopic (exact) mass is 405 g/mol. The van der Waals surface area contributed by atoms with Crippen molar-refractivity contribution in [3.05, 3.63) is 0 Å². The quantitative estimate of drug-likeness (QED) is 0.319. The Hall–Kier alpha value is -1.68. The van der Waals surface area contributed by atoms with Gasteiger partial charge in [-0.1, -0.05) is 12.8 Å². The second-order valence-electron chi connectivity index (χ2n) is 5.72. The summed E-state index contributed by atoms with van der Waals surface area (Å²) < 4.78 is 0. The number of carboxylic acid groups (broad SMARTS) is 4. The van der Waals surface area contributed by atoms with Crippen LogP contribution in [0.15, 0.2) is 0 Å². The number of hydrogen-bond donors (Lipinski definition) is 0. The minimum Gasteiger partial charge on any atom is -0.549 e. The summed E-state index contributed by atoms with van der Waals surface area (Å²) in [6, 6.07) is -1.32. The van der Waals surface area contributed by atoms with E-state index in [4.69, 9.17) is 0 Å². The Kier molecular flexibility index (Phi) is 10.3. The third-order valence-corrected chi connectivity index (χ3v) is 3.96. The van der Waals surface area contributed by atoms with Crippen molar-refractivity contribution in [3.63, 3.8) is 0 Å². The van der Waals surface area contributed by atoms with Gasteiger partial charge in [0, 0.05) is 38.3 Å². The normalized spacial score (nSPS) is 20.1. The van der Waals surface area contributed by atoms with Gasteiger partial charge in [-0.25, -0.2) is 0 Å². The fraction of sp³-hybridized carbons (Fsp3) is 0.714. The van der Waals surface area contributed by atoms with Crippen LogP contribution >= 0.6 is 0 Å². The van der Waals surface area contributed by atoms with E-state index in [9.17, 15) is 39.6 Å². The summed E-state index contributed by atoms with van der Waals surface area (Å²) in [4.78, 5) is 45.7. The van der Waals surface area contributed by atoms with Gasteiger partial charge in [-0.3, -0.25) is 9.80 Å². The largest absolute Gasteiger partial charge is 2.00 e. The van der Waals surface area contributed by atoms with E-state index in [0.29, 0.717) is 25.7 Å². The Morgan fingerprint density at radius 1 is 0.640 bits per heavy atom. The molecule has 1 saturated carbocycles. The summed E-state index contributed by atoms with van der Waals surface area (Å²) in [6.45, 7) is -2.72. The Morgan fingerprint density at radius 3 is 1.08 bits per heavy atom. The molecule has 10 nitrogen and oxygen atoms in total. The van der Waals surface area contributed by atoms with Gasteiger partial charge >= 0.3 is 17.1 Å². The standard InChI is InChI=1S/C14H22N2O8.Cu/c17-11(18)5-15(6-12(19)20)9-3-1-2-4-10(9)16(7-13(21)22)8-14(23)24;/h9-10H,1-8H2,(H,17,18)(H,19,20)(H,21,22)(H,23,24);/q;+2/p-4/t9-,10-;/m1./s1. The van der Waals surface area contributed by atoms with Crippen molar-refractivity contribution in [1.29, 1.82) is 0 Å². The predicted octanol–water partition coefficient (Wildman–Crippen LogP) is -6.10. The van der Waals surface area contributed by atoms with Crippen molar-refractivity contribution in [3.8, 4) is 0 Å². The topological polar surface area (TPSA) is 167 Å². The molecule has 1 fully saturated rings. The maximum Gasteiger partial charge on any atom is 2.00 e. The fourth-order valence-corrected chi connectivity index (χ4v) is 3.19. The SMILES string of the molecule is O=C([O-])CN(CC(=O)[O-])[C@@H]1CCCC[C@H]1N(CC(=O)[O-])CC(=O)[O-].[Cu+2]. The van der Waals surface area contributed by atoms with Gasteiger partial charge in [0.2, 0.25) is 0 Å². The van der Waals surface area contributed by atoms with Crippen molar-refractivity contribution in [2.75, 3.05) is 26.2 Å². The van der Waals surface area contributed by atoms with Crippen LogP contribution < -0.4 is 20.4 Å². The second-order valence-corrected chi connectivity index (χ2v) is 5.72. The maximum atomic E-state index is 10.9. The van der Waals surface area contributed by atoms with Gasteiger partial charge in [0.25, 0.3) is 0 Å². The molecule has 25 heavy (non-hydrogen) atoms. The summed E-state index contributed by atoms with van der Waals surface area (Å²) in [5, 5.41) is 43.5. The molecule has 0 amide bonds. The van der Waals surface area contributed by atoms with Crippen molar-refractivity contribution < 1.29 is 56.7 Å². The molecular weight excluding hydrogens is 388 g/mol. The zero-order chi connectivity index (χ0) is 18.3. The summed E-state index contributed by atoms with van der Waals surface area (Å²) >= 11 is 0. The van der Waals surface area contributed by atoms with Crippen LogP contribution in [0, 0.1) is 0 Å². The zero-order valence-electron chi connectivity index (χ0n) is 13.3. The van der Waals surface area contributed by atoms with Crippen LogP contribution in [0.1, 0.15) is 25.7 Å². The van der Waals surface area contributed by atoms with Crippen molar-refractivity contribution in [2.45, 2.75) is 37.8 Å². The van der Waals surface area contributed by atoms with Gasteiger partial charge < -0.3 is 39.6 Å². The van der Waals surface area contributed by atoms with E-state index in [1.54, 1.807) is 0 Å². The smallest absolute Gasteiger partial charge is 0.549 e.